The van der Waals surface area contributed by atoms with Gasteiger partial charge in [-0.25, -0.2) is 0 Å². The number of rotatable bonds is 4. The second kappa shape index (κ2) is 7.06. The van der Waals surface area contributed by atoms with Gasteiger partial charge < -0.3 is 14.4 Å². The van der Waals surface area contributed by atoms with E-state index in [1.54, 1.807) is 14.2 Å². The Balaban J connectivity index is 2.07. The molecule has 1 amide bonds. The predicted molar refractivity (Wildman–Crippen MR) is 73.6 cm³/mol. The van der Waals surface area contributed by atoms with Crippen molar-refractivity contribution >= 4 is 5.91 Å². The van der Waals surface area contributed by atoms with Gasteiger partial charge in [-0.15, -0.1) is 0 Å². The average Bonchev–Trinajstić information content (AvgIpc) is 2.49. The van der Waals surface area contributed by atoms with Crippen molar-refractivity contribution in [2.75, 3.05) is 20.8 Å². The van der Waals surface area contributed by atoms with Crippen molar-refractivity contribution in [3.05, 3.63) is 12.2 Å². The number of nitrogens with zero attached hydrogens (tertiary/aromatic N) is 1. The molecule has 1 heterocycles. The lowest BCUT2D eigenvalue weighted by Crippen LogP contribution is -2.52. The number of likely N-dealkylation sites (tertiary alicyclic amines) is 1. The quantitative estimate of drug-likeness (QED) is 0.580. The molecule has 0 aromatic heterocycles. The fourth-order valence-corrected chi connectivity index (χ4v) is 3.16. The van der Waals surface area contributed by atoms with Crippen LogP contribution in [0.5, 0.6) is 0 Å². The highest BCUT2D eigenvalue weighted by Crippen LogP contribution is 2.27. The number of methoxy groups -OCH3 is 2. The lowest BCUT2D eigenvalue weighted by atomic mass is 9.92. The molecule has 1 aliphatic carbocycles. The molecule has 2 aliphatic rings. The van der Waals surface area contributed by atoms with Crippen LogP contribution in [-0.2, 0) is 14.3 Å². The Kier molecular flexibility index (Phi) is 5.40. The smallest absolute Gasteiger partial charge is 0.229 e. The fraction of sp³-hybridized carbons (Fsp3) is 0.800. The molecule has 108 valence electrons. The Bertz CT molecular complexity index is 325. The van der Waals surface area contributed by atoms with Crippen molar-refractivity contribution in [3.8, 4) is 0 Å². The molecule has 2 atom stereocenters. The molecule has 2 rings (SSSR count). The van der Waals surface area contributed by atoms with Gasteiger partial charge in [-0.1, -0.05) is 12.2 Å². The standard InChI is InChI=1S/C15H25NO3/c1-18-15(19-2)13-10-6-7-11-16(13)14(17)12-8-4-3-5-9-12/h4,8,12-13,15H,3,5-7,9-11H2,1-2H3. The second-order valence-corrected chi connectivity index (χ2v) is 5.40. The molecule has 0 radical (unpaired) electrons. The Hall–Kier alpha value is -0.870. The molecule has 0 aromatic rings. The van der Waals surface area contributed by atoms with Gasteiger partial charge in [0.15, 0.2) is 6.29 Å². The third kappa shape index (κ3) is 3.37. The summed E-state index contributed by atoms with van der Waals surface area (Å²) < 4.78 is 10.7. The zero-order valence-electron chi connectivity index (χ0n) is 12.0. The SMILES string of the molecule is COC(OC)C1CCCCN1C(=O)C1C=CCCC1. The van der Waals surface area contributed by atoms with E-state index in [-0.39, 0.29) is 24.2 Å². The second-order valence-electron chi connectivity index (χ2n) is 5.40. The van der Waals surface area contributed by atoms with Crippen LogP contribution in [-0.4, -0.2) is 43.9 Å². The topological polar surface area (TPSA) is 38.8 Å². The third-order valence-electron chi connectivity index (χ3n) is 4.18. The van der Waals surface area contributed by atoms with Gasteiger partial charge >= 0.3 is 0 Å². The third-order valence-corrected chi connectivity index (χ3v) is 4.18. The van der Waals surface area contributed by atoms with Crippen LogP contribution in [0.25, 0.3) is 0 Å². The van der Waals surface area contributed by atoms with E-state index in [9.17, 15) is 4.79 Å². The van der Waals surface area contributed by atoms with Gasteiger partial charge in [0.2, 0.25) is 5.91 Å². The molecule has 0 N–H and O–H groups in total. The van der Waals surface area contributed by atoms with E-state index in [2.05, 4.69) is 12.2 Å². The highest BCUT2D eigenvalue weighted by molar-refractivity contribution is 5.81. The molecule has 1 saturated heterocycles. The van der Waals surface area contributed by atoms with Gasteiger partial charge in [-0.05, 0) is 38.5 Å². The van der Waals surface area contributed by atoms with Crippen molar-refractivity contribution < 1.29 is 14.3 Å². The number of carbonyl (C=O) groups excluding carboxylic acids is 1. The summed E-state index contributed by atoms with van der Waals surface area (Å²) in [5, 5.41) is 0. The number of hydrogen-bond acceptors (Lipinski definition) is 3. The van der Waals surface area contributed by atoms with Crippen LogP contribution in [0.4, 0.5) is 0 Å². The van der Waals surface area contributed by atoms with Crippen molar-refractivity contribution in [2.45, 2.75) is 50.9 Å². The van der Waals surface area contributed by atoms with Gasteiger partial charge in [0.05, 0.1) is 12.0 Å². The molecule has 1 fully saturated rings. The fourth-order valence-electron chi connectivity index (χ4n) is 3.16. The molecule has 4 nitrogen and oxygen atoms in total. The van der Waals surface area contributed by atoms with Gasteiger partial charge in [0.1, 0.15) is 0 Å². The number of ether oxygens (including phenoxy) is 2. The molecular weight excluding hydrogens is 242 g/mol. The van der Waals surface area contributed by atoms with E-state index < -0.39 is 0 Å². The van der Waals surface area contributed by atoms with E-state index in [1.165, 1.54) is 0 Å². The predicted octanol–water partition coefficient (Wildman–Crippen LogP) is 2.34. The number of allylic oxidation sites excluding steroid dienone is 1. The summed E-state index contributed by atoms with van der Waals surface area (Å²) in [6.45, 7) is 0.830. The van der Waals surface area contributed by atoms with Crippen molar-refractivity contribution in [2.24, 2.45) is 5.92 Å². The molecular formula is C15H25NO3. The summed E-state index contributed by atoms with van der Waals surface area (Å²) in [7, 11) is 3.29. The zero-order valence-corrected chi connectivity index (χ0v) is 12.0. The van der Waals surface area contributed by atoms with E-state index in [0.29, 0.717) is 0 Å². The summed E-state index contributed by atoms with van der Waals surface area (Å²) in [5.41, 5.74) is 0. The summed E-state index contributed by atoms with van der Waals surface area (Å²) in [6, 6.07) is 0.0616. The number of piperidine rings is 1. The van der Waals surface area contributed by atoms with Gasteiger partial charge in [-0.3, -0.25) is 4.79 Å². The molecule has 19 heavy (non-hydrogen) atoms. The Labute approximate surface area is 115 Å². The molecule has 1 aliphatic heterocycles. The first-order chi connectivity index (χ1) is 9.27. The Morgan fingerprint density at radius 3 is 2.63 bits per heavy atom. The van der Waals surface area contributed by atoms with Crippen molar-refractivity contribution in [1.82, 2.24) is 4.90 Å². The van der Waals surface area contributed by atoms with Gasteiger partial charge in [-0.2, -0.15) is 0 Å². The summed E-state index contributed by atoms with van der Waals surface area (Å²) in [6.07, 6.45) is 10.3. The highest BCUT2D eigenvalue weighted by atomic mass is 16.7. The highest BCUT2D eigenvalue weighted by Gasteiger charge is 2.35. The molecule has 2 unspecified atom stereocenters. The summed E-state index contributed by atoms with van der Waals surface area (Å²) >= 11 is 0. The van der Waals surface area contributed by atoms with E-state index in [1.807, 2.05) is 4.90 Å². The summed E-state index contributed by atoms with van der Waals surface area (Å²) in [4.78, 5) is 14.7. The van der Waals surface area contributed by atoms with E-state index >= 15 is 0 Å². The van der Waals surface area contributed by atoms with Crippen molar-refractivity contribution in [1.29, 1.82) is 0 Å². The molecule has 4 heteroatoms. The van der Waals surface area contributed by atoms with Gasteiger partial charge in [0.25, 0.3) is 0 Å². The first kappa shape index (κ1) is 14.5. The molecule has 0 bridgehead atoms. The van der Waals surface area contributed by atoms with Crippen LogP contribution in [0.3, 0.4) is 0 Å². The molecule has 0 spiro atoms. The van der Waals surface area contributed by atoms with E-state index in [4.69, 9.17) is 9.47 Å². The minimum Gasteiger partial charge on any atom is -0.354 e. The van der Waals surface area contributed by atoms with Crippen LogP contribution in [0.1, 0.15) is 38.5 Å². The zero-order chi connectivity index (χ0) is 13.7. The first-order valence-corrected chi connectivity index (χ1v) is 7.30. The molecule has 0 aromatic carbocycles. The summed E-state index contributed by atoms with van der Waals surface area (Å²) in [5.74, 6) is 0.309. The minimum atomic E-state index is -0.308. The van der Waals surface area contributed by atoms with Crippen molar-refractivity contribution in [3.63, 3.8) is 0 Å². The maximum absolute atomic E-state index is 12.7. The van der Waals surface area contributed by atoms with E-state index in [0.717, 1.165) is 45.1 Å². The lowest BCUT2D eigenvalue weighted by molar-refractivity contribution is -0.169. The number of amides is 1. The lowest BCUT2D eigenvalue weighted by Gasteiger charge is -2.40. The molecule has 0 saturated carbocycles. The number of hydrogen-bond donors (Lipinski definition) is 0. The van der Waals surface area contributed by atoms with Crippen LogP contribution in [0.2, 0.25) is 0 Å². The van der Waals surface area contributed by atoms with Crippen LogP contribution in [0.15, 0.2) is 12.2 Å². The Morgan fingerprint density at radius 2 is 2.00 bits per heavy atom. The van der Waals surface area contributed by atoms with Crippen LogP contribution in [0, 0.1) is 5.92 Å². The normalized spacial score (nSPS) is 27.8. The van der Waals surface area contributed by atoms with Gasteiger partial charge in [0, 0.05) is 20.8 Å². The average molecular weight is 267 g/mol. The number of carbonyl (C=O) groups is 1. The maximum atomic E-state index is 12.7. The minimum absolute atomic E-state index is 0.0590. The van der Waals surface area contributed by atoms with Crippen LogP contribution < -0.4 is 0 Å². The largest absolute Gasteiger partial charge is 0.354 e. The first-order valence-electron chi connectivity index (χ1n) is 7.30. The maximum Gasteiger partial charge on any atom is 0.229 e. The Morgan fingerprint density at radius 1 is 1.21 bits per heavy atom. The van der Waals surface area contributed by atoms with Crippen LogP contribution >= 0.6 is 0 Å². The monoisotopic (exact) mass is 267 g/mol.